The fourth-order valence-electron chi connectivity index (χ4n) is 1.92. The predicted octanol–water partition coefficient (Wildman–Crippen LogP) is 1.90. The van der Waals surface area contributed by atoms with Gasteiger partial charge >= 0.3 is 0 Å². The van der Waals surface area contributed by atoms with Crippen LogP contribution in [0, 0.1) is 0 Å². The van der Waals surface area contributed by atoms with Gasteiger partial charge in [-0.2, -0.15) is 0 Å². The number of hydrogen-bond acceptors (Lipinski definition) is 4. The van der Waals surface area contributed by atoms with E-state index in [4.69, 9.17) is 4.74 Å². The highest BCUT2D eigenvalue weighted by Gasteiger charge is 2.19. The van der Waals surface area contributed by atoms with Gasteiger partial charge in [-0.05, 0) is 19.4 Å². The first-order chi connectivity index (χ1) is 9.21. The number of aldehydes is 2. The Hall–Kier alpha value is -1.52. The Balaban J connectivity index is 2.69. The van der Waals surface area contributed by atoms with Crippen molar-refractivity contribution in [2.75, 3.05) is 6.61 Å². The van der Waals surface area contributed by atoms with Gasteiger partial charge < -0.3 is 14.3 Å². The number of carbonyl (C=O) groups excluding carboxylic acids is 2. The third-order valence-electron chi connectivity index (χ3n) is 2.88. The summed E-state index contributed by atoms with van der Waals surface area (Å²) in [6.45, 7) is 4.18. The van der Waals surface area contributed by atoms with Crippen molar-refractivity contribution in [1.82, 2.24) is 5.32 Å². The minimum atomic E-state index is -0.305. The lowest BCUT2D eigenvalue weighted by molar-refractivity contribution is -0.111. The summed E-state index contributed by atoms with van der Waals surface area (Å²) in [4.78, 5) is 21.9. The molecule has 0 heterocycles. The van der Waals surface area contributed by atoms with Crippen molar-refractivity contribution in [3.63, 3.8) is 0 Å². The van der Waals surface area contributed by atoms with Crippen LogP contribution in [0.1, 0.15) is 31.7 Å². The molecule has 4 nitrogen and oxygen atoms in total. The highest BCUT2D eigenvalue weighted by molar-refractivity contribution is 5.62. The first kappa shape index (κ1) is 15.5. The summed E-state index contributed by atoms with van der Waals surface area (Å²) < 4.78 is 5.54. The van der Waals surface area contributed by atoms with Crippen LogP contribution in [0.15, 0.2) is 30.3 Å². The fraction of sp³-hybridized carbons (Fsp3) is 0.467. The van der Waals surface area contributed by atoms with Crippen LogP contribution >= 0.6 is 0 Å². The van der Waals surface area contributed by atoms with Crippen LogP contribution in [0.4, 0.5) is 0 Å². The lowest BCUT2D eigenvalue weighted by Gasteiger charge is -2.23. The average Bonchev–Trinajstić information content (AvgIpc) is 2.45. The van der Waals surface area contributed by atoms with Crippen molar-refractivity contribution in [3.05, 3.63) is 35.9 Å². The van der Waals surface area contributed by atoms with Gasteiger partial charge in [-0.1, -0.05) is 30.3 Å². The van der Waals surface area contributed by atoms with Crippen LogP contribution in [0.25, 0.3) is 0 Å². The Morgan fingerprint density at radius 2 is 1.89 bits per heavy atom. The summed E-state index contributed by atoms with van der Waals surface area (Å²) in [6, 6.07) is 9.28. The molecule has 1 aromatic rings. The summed E-state index contributed by atoms with van der Waals surface area (Å²) >= 11 is 0. The number of carbonyl (C=O) groups is 2. The molecule has 1 aromatic carbocycles. The highest BCUT2D eigenvalue weighted by atomic mass is 16.5. The monoisotopic (exact) mass is 263 g/mol. The first-order valence-corrected chi connectivity index (χ1v) is 6.54. The molecule has 1 rings (SSSR count). The molecule has 0 aliphatic carbocycles. The van der Waals surface area contributed by atoms with E-state index in [1.165, 1.54) is 0 Å². The van der Waals surface area contributed by atoms with E-state index in [0.717, 1.165) is 18.1 Å². The molecule has 0 aliphatic rings. The standard InChI is InChI=1S/C15H21NO3/c1-3-19-15(16-12(2)10-17)9-14(11-18)13-7-5-4-6-8-13/h4-8,10-12,14-16H,3,9H2,1-2H3. The van der Waals surface area contributed by atoms with E-state index < -0.39 is 0 Å². The highest BCUT2D eigenvalue weighted by Crippen LogP contribution is 2.19. The van der Waals surface area contributed by atoms with Crippen LogP contribution in [0.3, 0.4) is 0 Å². The summed E-state index contributed by atoms with van der Waals surface area (Å²) in [7, 11) is 0. The number of ether oxygens (including phenoxy) is 1. The molecular formula is C15H21NO3. The summed E-state index contributed by atoms with van der Waals surface area (Å²) in [5, 5.41) is 3.05. The smallest absolute Gasteiger partial charge is 0.136 e. The van der Waals surface area contributed by atoms with Gasteiger partial charge in [-0.15, -0.1) is 0 Å². The second kappa shape index (κ2) is 8.56. The van der Waals surface area contributed by atoms with Crippen molar-refractivity contribution in [3.8, 4) is 0 Å². The maximum absolute atomic E-state index is 11.2. The molecule has 19 heavy (non-hydrogen) atoms. The van der Waals surface area contributed by atoms with Gasteiger partial charge in [0, 0.05) is 18.9 Å². The molecule has 3 atom stereocenters. The van der Waals surface area contributed by atoms with Crippen LogP contribution in [0.2, 0.25) is 0 Å². The Morgan fingerprint density at radius 1 is 1.21 bits per heavy atom. The third kappa shape index (κ3) is 5.32. The van der Waals surface area contributed by atoms with Gasteiger partial charge in [-0.3, -0.25) is 5.32 Å². The molecule has 0 fully saturated rings. The van der Waals surface area contributed by atoms with E-state index in [9.17, 15) is 9.59 Å². The van der Waals surface area contributed by atoms with Gasteiger partial charge in [-0.25, -0.2) is 0 Å². The number of nitrogens with one attached hydrogen (secondary N) is 1. The molecule has 0 saturated heterocycles. The maximum Gasteiger partial charge on any atom is 0.136 e. The summed E-state index contributed by atoms with van der Waals surface area (Å²) in [6.07, 6.45) is 1.96. The molecular weight excluding hydrogens is 242 g/mol. The Kier molecular flexibility index (Phi) is 7.00. The lowest BCUT2D eigenvalue weighted by atomic mass is 9.96. The Labute approximate surface area is 114 Å². The Morgan fingerprint density at radius 3 is 2.42 bits per heavy atom. The van der Waals surface area contributed by atoms with Crippen molar-refractivity contribution in [1.29, 1.82) is 0 Å². The minimum Gasteiger partial charge on any atom is -0.364 e. The molecule has 0 saturated carbocycles. The van der Waals surface area contributed by atoms with Crippen LogP contribution < -0.4 is 5.32 Å². The van der Waals surface area contributed by atoms with E-state index in [1.807, 2.05) is 37.3 Å². The number of rotatable bonds is 9. The van der Waals surface area contributed by atoms with Gasteiger partial charge in [0.15, 0.2) is 0 Å². The van der Waals surface area contributed by atoms with E-state index >= 15 is 0 Å². The van der Waals surface area contributed by atoms with Gasteiger partial charge in [0.2, 0.25) is 0 Å². The zero-order valence-corrected chi connectivity index (χ0v) is 11.4. The molecule has 0 spiro atoms. The summed E-state index contributed by atoms with van der Waals surface area (Å²) in [5.74, 6) is -0.232. The molecule has 0 radical (unpaired) electrons. The third-order valence-corrected chi connectivity index (χ3v) is 2.88. The minimum absolute atomic E-state index is 0.232. The van der Waals surface area contributed by atoms with Crippen molar-refractivity contribution < 1.29 is 14.3 Å². The zero-order valence-electron chi connectivity index (χ0n) is 11.4. The Bertz CT molecular complexity index is 380. The zero-order chi connectivity index (χ0) is 14.1. The maximum atomic E-state index is 11.2. The molecule has 104 valence electrons. The van der Waals surface area contributed by atoms with Crippen molar-refractivity contribution in [2.24, 2.45) is 0 Å². The van der Waals surface area contributed by atoms with Gasteiger partial charge in [0.1, 0.15) is 18.8 Å². The van der Waals surface area contributed by atoms with E-state index in [0.29, 0.717) is 13.0 Å². The first-order valence-electron chi connectivity index (χ1n) is 6.54. The SMILES string of the molecule is CCOC(CC(C=O)c1ccccc1)NC(C)C=O. The molecule has 1 N–H and O–H groups in total. The van der Waals surface area contributed by atoms with E-state index in [2.05, 4.69) is 5.32 Å². The largest absolute Gasteiger partial charge is 0.364 e. The van der Waals surface area contributed by atoms with Gasteiger partial charge in [0.05, 0.1) is 6.04 Å². The molecule has 0 aliphatic heterocycles. The lowest BCUT2D eigenvalue weighted by Crippen LogP contribution is -2.40. The molecule has 4 heteroatoms. The number of benzene rings is 1. The van der Waals surface area contributed by atoms with Crippen LogP contribution in [-0.2, 0) is 14.3 Å². The van der Waals surface area contributed by atoms with E-state index in [1.54, 1.807) is 6.92 Å². The molecule has 0 amide bonds. The predicted molar refractivity (Wildman–Crippen MR) is 73.9 cm³/mol. The fourth-order valence-corrected chi connectivity index (χ4v) is 1.92. The van der Waals surface area contributed by atoms with Crippen LogP contribution in [-0.4, -0.2) is 31.4 Å². The molecule has 0 bridgehead atoms. The quantitative estimate of drug-likeness (QED) is 0.546. The number of hydrogen-bond donors (Lipinski definition) is 1. The topological polar surface area (TPSA) is 55.4 Å². The second-order valence-corrected chi connectivity index (χ2v) is 4.42. The average molecular weight is 263 g/mol. The van der Waals surface area contributed by atoms with Crippen molar-refractivity contribution >= 4 is 12.6 Å². The van der Waals surface area contributed by atoms with Crippen molar-refractivity contribution in [2.45, 2.75) is 38.5 Å². The second-order valence-electron chi connectivity index (χ2n) is 4.42. The summed E-state index contributed by atoms with van der Waals surface area (Å²) in [5.41, 5.74) is 0.961. The van der Waals surface area contributed by atoms with E-state index in [-0.39, 0.29) is 18.2 Å². The molecule has 3 unspecified atom stereocenters. The molecule has 0 aromatic heterocycles. The van der Waals surface area contributed by atoms with Crippen LogP contribution in [0.5, 0.6) is 0 Å². The normalized spacial score (nSPS) is 15.5. The van der Waals surface area contributed by atoms with Gasteiger partial charge in [0.25, 0.3) is 0 Å².